The number of hydrogen-bond acceptors (Lipinski definition) is 3. The van der Waals surface area contributed by atoms with Crippen molar-refractivity contribution < 1.29 is 14.3 Å². The zero-order valence-electron chi connectivity index (χ0n) is 22.5. The zero-order valence-corrected chi connectivity index (χ0v) is 22.5. The second kappa shape index (κ2) is 27.6. The SMILES string of the molecule is CC/C=C/C/C=C/C/C=C/CCCCCCCC(=O)OC(=O)CCCCCCCCCCCC. The highest BCUT2D eigenvalue weighted by Gasteiger charge is 2.09. The summed E-state index contributed by atoms with van der Waals surface area (Å²) in [5.41, 5.74) is 0. The fourth-order valence-corrected chi connectivity index (χ4v) is 3.87. The molecule has 0 fully saturated rings. The molecule has 0 aliphatic heterocycles. The highest BCUT2D eigenvalue weighted by molar-refractivity contribution is 5.85. The summed E-state index contributed by atoms with van der Waals surface area (Å²) < 4.78 is 4.96. The Morgan fingerprint density at radius 3 is 1.41 bits per heavy atom. The molecule has 0 saturated carbocycles. The van der Waals surface area contributed by atoms with Crippen molar-refractivity contribution in [3.63, 3.8) is 0 Å². The van der Waals surface area contributed by atoms with Crippen LogP contribution in [0.2, 0.25) is 0 Å². The van der Waals surface area contributed by atoms with Crippen LogP contribution < -0.4 is 0 Å². The summed E-state index contributed by atoms with van der Waals surface area (Å²) >= 11 is 0. The minimum absolute atomic E-state index is 0.344. The third kappa shape index (κ3) is 26.6. The molecule has 3 heteroatoms. The van der Waals surface area contributed by atoms with Gasteiger partial charge in [-0.3, -0.25) is 9.59 Å². The molecule has 0 atom stereocenters. The summed E-state index contributed by atoms with van der Waals surface area (Å²) in [6.45, 7) is 4.40. The van der Waals surface area contributed by atoms with E-state index in [0.29, 0.717) is 12.8 Å². The predicted molar refractivity (Wildman–Crippen MR) is 147 cm³/mol. The molecule has 0 saturated heterocycles. The van der Waals surface area contributed by atoms with Crippen molar-refractivity contribution in [2.75, 3.05) is 0 Å². The van der Waals surface area contributed by atoms with Crippen LogP contribution in [0.5, 0.6) is 0 Å². The molecule has 0 rings (SSSR count). The van der Waals surface area contributed by atoms with E-state index in [1.807, 2.05) is 0 Å². The first-order valence-electron chi connectivity index (χ1n) is 14.4. The standard InChI is InChI=1S/C31H54O3/c1-3-5-7-9-11-13-15-16-17-18-19-21-23-25-27-29-31(33)34-30(32)28-26-24-22-20-14-12-10-8-6-4-2/h5,7,11,13,16-17H,3-4,6,8-10,12,14-15,18-29H2,1-2H3/b7-5+,13-11+,17-16+. The Morgan fingerprint density at radius 2 is 0.912 bits per heavy atom. The largest absolute Gasteiger partial charge is 0.393 e. The molecule has 0 amide bonds. The Balaban J connectivity index is 3.41. The third-order valence-electron chi connectivity index (χ3n) is 5.99. The quantitative estimate of drug-likeness (QED) is 0.0605. The molecular weight excluding hydrogens is 420 g/mol. The van der Waals surface area contributed by atoms with Crippen LogP contribution in [0.25, 0.3) is 0 Å². The van der Waals surface area contributed by atoms with Crippen LogP contribution in [-0.4, -0.2) is 11.9 Å². The van der Waals surface area contributed by atoms with E-state index in [9.17, 15) is 9.59 Å². The predicted octanol–water partition coefficient (Wildman–Crippen LogP) is 9.96. The van der Waals surface area contributed by atoms with Gasteiger partial charge < -0.3 is 4.74 Å². The van der Waals surface area contributed by atoms with Crippen molar-refractivity contribution in [2.45, 2.75) is 149 Å². The Morgan fingerprint density at radius 1 is 0.500 bits per heavy atom. The summed E-state index contributed by atoms with van der Waals surface area (Å²) in [7, 11) is 0. The van der Waals surface area contributed by atoms with E-state index in [1.165, 1.54) is 64.2 Å². The van der Waals surface area contributed by atoms with Gasteiger partial charge in [-0.1, -0.05) is 127 Å². The van der Waals surface area contributed by atoms with E-state index in [1.54, 1.807) is 0 Å². The van der Waals surface area contributed by atoms with Crippen LogP contribution in [0.15, 0.2) is 36.5 Å². The van der Waals surface area contributed by atoms with Crippen LogP contribution >= 0.6 is 0 Å². The van der Waals surface area contributed by atoms with Gasteiger partial charge in [0.05, 0.1) is 0 Å². The van der Waals surface area contributed by atoms with Gasteiger partial charge in [0.15, 0.2) is 0 Å². The number of esters is 2. The number of carbonyl (C=O) groups excluding carboxylic acids is 2. The minimum atomic E-state index is -0.349. The van der Waals surface area contributed by atoms with Gasteiger partial charge in [0.1, 0.15) is 0 Å². The Bertz CT molecular complexity index is 545. The lowest BCUT2D eigenvalue weighted by molar-refractivity contribution is -0.159. The normalized spacial score (nSPS) is 11.8. The van der Waals surface area contributed by atoms with Crippen LogP contribution in [0.1, 0.15) is 149 Å². The Hall–Kier alpha value is -1.64. The number of hydrogen-bond donors (Lipinski definition) is 0. The third-order valence-corrected chi connectivity index (χ3v) is 5.99. The van der Waals surface area contributed by atoms with Crippen LogP contribution in [0, 0.1) is 0 Å². The van der Waals surface area contributed by atoms with E-state index in [2.05, 4.69) is 50.3 Å². The van der Waals surface area contributed by atoms with Crippen molar-refractivity contribution in [3.05, 3.63) is 36.5 Å². The van der Waals surface area contributed by atoms with Crippen molar-refractivity contribution in [1.82, 2.24) is 0 Å². The summed E-state index contributed by atoms with van der Waals surface area (Å²) in [6, 6.07) is 0. The Labute approximate surface area is 211 Å². The minimum Gasteiger partial charge on any atom is -0.393 e. The van der Waals surface area contributed by atoms with Crippen LogP contribution in [0.4, 0.5) is 0 Å². The lowest BCUT2D eigenvalue weighted by atomic mass is 10.1. The molecule has 0 unspecified atom stereocenters. The lowest BCUT2D eigenvalue weighted by Gasteiger charge is -2.04. The van der Waals surface area contributed by atoms with Gasteiger partial charge in [-0.25, -0.2) is 0 Å². The number of carbonyl (C=O) groups is 2. The highest BCUT2D eigenvalue weighted by atomic mass is 16.6. The maximum absolute atomic E-state index is 11.8. The highest BCUT2D eigenvalue weighted by Crippen LogP contribution is 2.12. The van der Waals surface area contributed by atoms with Gasteiger partial charge in [-0.15, -0.1) is 0 Å². The van der Waals surface area contributed by atoms with Gasteiger partial charge in [0.2, 0.25) is 0 Å². The molecule has 0 spiro atoms. The van der Waals surface area contributed by atoms with Gasteiger partial charge >= 0.3 is 11.9 Å². The molecule has 196 valence electrons. The molecule has 0 aromatic rings. The van der Waals surface area contributed by atoms with Crippen molar-refractivity contribution >= 4 is 11.9 Å². The maximum atomic E-state index is 11.8. The first-order chi connectivity index (χ1) is 16.7. The summed E-state index contributed by atoms with van der Waals surface area (Å²) in [5.74, 6) is -0.693. The summed E-state index contributed by atoms with van der Waals surface area (Å²) in [5, 5.41) is 0. The fourth-order valence-electron chi connectivity index (χ4n) is 3.87. The molecule has 0 aliphatic carbocycles. The number of allylic oxidation sites excluding steroid dienone is 6. The number of unbranched alkanes of at least 4 members (excludes halogenated alkanes) is 14. The maximum Gasteiger partial charge on any atom is 0.313 e. The average molecular weight is 475 g/mol. The van der Waals surface area contributed by atoms with E-state index >= 15 is 0 Å². The van der Waals surface area contributed by atoms with E-state index in [-0.39, 0.29) is 11.9 Å². The number of rotatable bonds is 24. The molecular formula is C31H54O3. The molecule has 34 heavy (non-hydrogen) atoms. The monoisotopic (exact) mass is 474 g/mol. The van der Waals surface area contributed by atoms with Gasteiger partial charge in [0.25, 0.3) is 0 Å². The Kier molecular flexibility index (Phi) is 26.3. The van der Waals surface area contributed by atoms with Crippen molar-refractivity contribution in [2.24, 2.45) is 0 Å². The van der Waals surface area contributed by atoms with Gasteiger partial charge in [0, 0.05) is 12.8 Å². The molecule has 0 radical (unpaired) electrons. The molecule has 0 bridgehead atoms. The topological polar surface area (TPSA) is 43.4 Å². The van der Waals surface area contributed by atoms with E-state index in [4.69, 9.17) is 4.74 Å². The van der Waals surface area contributed by atoms with Gasteiger partial charge in [-0.05, 0) is 44.9 Å². The number of ether oxygens (including phenoxy) is 1. The van der Waals surface area contributed by atoms with Gasteiger partial charge in [-0.2, -0.15) is 0 Å². The average Bonchev–Trinajstić information content (AvgIpc) is 2.82. The summed E-state index contributed by atoms with van der Waals surface area (Å²) in [4.78, 5) is 23.6. The zero-order chi connectivity index (χ0) is 25.0. The van der Waals surface area contributed by atoms with Crippen LogP contribution in [-0.2, 0) is 14.3 Å². The molecule has 0 aromatic carbocycles. The van der Waals surface area contributed by atoms with Crippen molar-refractivity contribution in [3.8, 4) is 0 Å². The summed E-state index contributed by atoms with van der Waals surface area (Å²) in [6.07, 6.45) is 36.1. The first-order valence-corrected chi connectivity index (χ1v) is 14.4. The molecule has 0 N–H and O–H groups in total. The second-order valence-electron chi connectivity index (χ2n) is 9.38. The fraction of sp³-hybridized carbons (Fsp3) is 0.742. The van der Waals surface area contributed by atoms with E-state index < -0.39 is 0 Å². The molecule has 3 nitrogen and oxygen atoms in total. The van der Waals surface area contributed by atoms with Crippen molar-refractivity contribution in [1.29, 1.82) is 0 Å². The molecule has 0 heterocycles. The second-order valence-corrected chi connectivity index (χ2v) is 9.38. The first kappa shape index (κ1) is 32.4. The van der Waals surface area contributed by atoms with Crippen LogP contribution in [0.3, 0.4) is 0 Å². The lowest BCUT2D eigenvalue weighted by Crippen LogP contribution is -2.11. The molecule has 0 aromatic heterocycles. The smallest absolute Gasteiger partial charge is 0.313 e. The van der Waals surface area contributed by atoms with E-state index in [0.717, 1.165) is 57.8 Å². The molecule has 0 aliphatic rings.